The van der Waals surface area contributed by atoms with Crippen molar-refractivity contribution in [1.29, 1.82) is 0 Å². The van der Waals surface area contributed by atoms with E-state index in [9.17, 15) is 18.0 Å². The number of nitrogens with one attached hydrogen (secondary N) is 2. The average Bonchev–Trinajstić information content (AvgIpc) is 2.83. The molecule has 3 amide bonds. The number of carbonyl (C=O) groups is 2. The predicted octanol–water partition coefficient (Wildman–Crippen LogP) is 5.40. The van der Waals surface area contributed by atoms with Crippen molar-refractivity contribution in [2.24, 2.45) is 10.3 Å². The first-order valence-electron chi connectivity index (χ1n) is 12.2. The fraction of sp³-hybridized carbons (Fsp3) is 0.462. The molecule has 36 heavy (non-hydrogen) atoms. The van der Waals surface area contributed by atoms with Crippen LogP contribution in [0, 0.1) is 12.8 Å². The van der Waals surface area contributed by atoms with E-state index < -0.39 is 29.0 Å². The van der Waals surface area contributed by atoms with Gasteiger partial charge in [0.05, 0.1) is 11.4 Å². The summed E-state index contributed by atoms with van der Waals surface area (Å²) in [6.07, 6.45) is 5.74. The molecule has 0 radical (unpaired) electrons. The zero-order valence-electron chi connectivity index (χ0n) is 21.0. The van der Waals surface area contributed by atoms with Gasteiger partial charge in [0.25, 0.3) is 5.91 Å². The Kier molecular flexibility index (Phi) is 9.86. The smallest absolute Gasteiger partial charge is 0.323 e. The van der Waals surface area contributed by atoms with Crippen LogP contribution in [0.1, 0.15) is 51.5 Å². The van der Waals surface area contributed by atoms with Crippen molar-refractivity contribution in [3.05, 3.63) is 48.0 Å². The molecule has 0 bridgehead atoms. The molecule has 1 saturated carbocycles. The highest BCUT2D eigenvalue weighted by Gasteiger charge is 2.25. The van der Waals surface area contributed by atoms with Gasteiger partial charge in [-0.05, 0) is 49.9 Å². The summed E-state index contributed by atoms with van der Waals surface area (Å²) in [5.41, 5.74) is 3.17. The predicted molar refractivity (Wildman–Crippen MR) is 141 cm³/mol. The molecule has 2 aromatic carbocycles. The molecular weight excluding hydrogens is 480 g/mol. The number of carbonyl (C=O) groups excluding carboxylic acids is 2. The van der Waals surface area contributed by atoms with Crippen LogP contribution in [0.15, 0.2) is 46.8 Å². The lowest BCUT2D eigenvalue weighted by molar-refractivity contribution is -0.119. The van der Waals surface area contributed by atoms with Crippen LogP contribution in [0.25, 0.3) is 0 Å². The summed E-state index contributed by atoms with van der Waals surface area (Å²) in [5, 5.41) is 5.80. The number of hydrogen-bond donors (Lipinski definition) is 2. The van der Waals surface area contributed by atoms with Gasteiger partial charge >= 0.3 is 16.5 Å². The van der Waals surface area contributed by atoms with Gasteiger partial charge in [-0.2, -0.15) is 8.42 Å². The third kappa shape index (κ3) is 8.37. The topological polar surface area (TPSA) is 117 Å². The van der Waals surface area contributed by atoms with Crippen molar-refractivity contribution in [2.75, 3.05) is 28.7 Å². The Morgan fingerprint density at radius 1 is 1.06 bits per heavy atom. The number of rotatable bonds is 9. The van der Waals surface area contributed by atoms with Gasteiger partial charge < -0.3 is 20.3 Å². The van der Waals surface area contributed by atoms with Crippen LogP contribution >= 0.6 is 0 Å². The van der Waals surface area contributed by atoms with Crippen molar-refractivity contribution >= 4 is 39.5 Å². The van der Waals surface area contributed by atoms with Crippen LogP contribution in [0.2, 0.25) is 0 Å². The molecule has 1 aliphatic carbocycles. The second-order valence-corrected chi connectivity index (χ2v) is 10.1. The molecule has 2 aromatic rings. The van der Waals surface area contributed by atoms with E-state index in [1.54, 1.807) is 12.1 Å². The van der Waals surface area contributed by atoms with Gasteiger partial charge in [0.2, 0.25) is 0 Å². The van der Waals surface area contributed by atoms with Crippen molar-refractivity contribution in [3.8, 4) is 5.75 Å². The van der Waals surface area contributed by atoms with E-state index in [0.29, 0.717) is 29.1 Å². The van der Waals surface area contributed by atoms with Crippen LogP contribution in [-0.4, -0.2) is 39.5 Å². The second-order valence-electron chi connectivity index (χ2n) is 9.45. The quantitative estimate of drug-likeness (QED) is 0.463. The van der Waals surface area contributed by atoms with E-state index in [1.807, 2.05) is 37.3 Å². The van der Waals surface area contributed by atoms with E-state index in [2.05, 4.69) is 33.7 Å². The second kappa shape index (κ2) is 13.1. The fourth-order valence-electron chi connectivity index (χ4n) is 4.36. The molecule has 10 heteroatoms. The molecule has 0 unspecified atom stereocenters. The number of aryl methyl sites for hydroxylation is 1. The molecule has 0 atom stereocenters. The number of nitrogens with zero attached hydrogens (tertiary/aromatic N) is 2. The lowest BCUT2D eigenvalue weighted by Crippen LogP contribution is -2.40. The Morgan fingerprint density at radius 2 is 1.75 bits per heavy atom. The summed E-state index contributed by atoms with van der Waals surface area (Å²) in [6, 6.07) is 12.7. The molecule has 3 rings (SSSR count). The van der Waals surface area contributed by atoms with Crippen LogP contribution in [-0.2, 0) is 15.3 Å². The van der Waals surface area contributed by atoms with E-state index in [0.717, 1.165) is 30.6 Å². The summed E-state index contributed by atoms with van der Waals surface area (Å²) >= 11 is 0. The third-order valence-corrected chi connectivity index (χ3v) is 6.30. The molecule has 9 nitrogen and oxygen atoms in total. The Morgan fingerprint density at radius 3 is 2.39 bits per heavy atom. The van der Waals surface area contributed by atoms with Gasteiger partial charge in [-0.25, -0.2) is 4.79 Å². The average molecular weight is 515 g/mol. The lowest BCUT2D eigenvalue weighted by atomic mass is 9.93. The van der Waals surface area contributed by atoms with Crippen LogP contribution in [0.3, 0.4) is 0 Å². The van der Waals surface area contributed by atoms with Crippen molar-refractivity contribution in [3.63, 3.8) is 0 Å². The molecule has 0 heterocycles. The summed E-state index contributed by atoms with van der Waals surface area (Å²) in [4.78, 5) is 26.9. The number of hydrogen-bond acceptors (Lipinski definition) is 6. The Hall–Kier alpha value is -3.40. The maximum atomic E-state index is 12.9. The Bertz CT molecular complexity index is 1180. The van der Waals surface area contributed by atoms with Gasteiger partial charge in [0.1, 0.15) is 5.75 Å². The minimum absolute atomic E-state index is 0.317. The van der Waals surface area contributed by atoms with Crippen molar-refractivity contribution in [2.45, 2.75) is 58.9 Å². The molecule has 1 fully saturated rings. The molecule has 2 N–H and O–H groups in total. The maximum Gasteiger partial charge on any atom is 0.323 e. The summed E-state index contributed by atoms with van der Waals surface area (Å²) < 4.78 is 29.6. The molecule has 194 valence electrons. The monoisotopic (exact) mass is 514 g/mol. The van der Waals surface area contributed by atoms with E-state index in [-0.39, 0.29) is 0 Å². The highest BCUT2D eigenvalue weighted by Crippen LogP contribution is 2.36. The molecule has 1 aliphatic rings. The van der Waals surface area contributed by atoms with Crippen molar-refractivity contribution in [1.82, 2.24) is 0 Å². The van der Waals surface area contributed by atoms with E-state index in [1.165, 1.54) is 19.3 Å². The SMILES string of the molecule is Cc1ccc(NC(=O)Nc2cc(OCC(=O)N=S(=O)=O)ccc2N(CC(C)C)C2CCCCC2)cc1. The molecule has 0 aliphatic heterocycles. The third-order valence-electron chi connectivity index (χ3n) is 5.95. The van der Waals surface area contributed by atoms with Gasteiger partial charge in [-0.3, -0.25) is 4.79 Å². The fourth-order valence-corrected chi connectivity index (χ4v) is 4.58. The highest BCUT2D eigenvalue weighted by molar-refractivity contribution is 7.62. The first kappa shape index (κ1) is 27.2. The zero-order valence-corrected chi connectivity index (χ0v) is 21.8. The van der Waals surface area contributed by atoms with Crippen LogP contribution < -0.4 is 20.3 Å². The summed E-state index contributed by atoms with van der Waals surface area (Å²) in [6.45, 7) is 6.61. The minimum Gasteiger partial charge on any atom is -0.484 e. The number of amides is 3. The highest BCUT2D eigenvalue weighted by atomic mass is 32.2. The summed E-state index contributed by atoms with van der Waals surface area (Å²) in [7, 11) is -2.83. The number of ether oxygens (including phenoxy) is 1. The lowest BCUT2D eigenvalue weighted by Gasteiger charge is -2.38. The largest absolute Gasteiger partial charge is 0.484 e. The molecule has 0 saturated heterocycles. The van der Waals surface area contributed by atoms with Gasteiger partial charge in [0.15, 0.2) is 6.61 Å². The zero-order chi connectivity index (χ0) is 26.1. The Labute approximate surface area is 213 Å². The van der Waals surface area contributed by atoms with Gasteiger partial charge in [-0.1, -0.05) is 55.2 Å². The first-order chi connectivity index (χ1) is 17.2. The van der Waals surface area contributed by atoms with E-state index in [4.69, 9.17) is 4.74 Å². The van der Waals surface area contributed by atoms with Crippen LogP contribution in [0.5, 0.6) is 5.75 Å². The molecule has 0 aromatic heterocycles. The Balaban J connectivity index is 1.89. The van der Waals surface area contributed by atoms with Gasteiger partial charge in [0, 0.05) is 24.3 Å². The number of anilines is 3. The number of benzene rings is 2. The van der Waals surface area contributed by atoms with Crippen LogP contribution in [0.4, 0.5) is 21.9 Å². The molecular formula is C26H34N4O5S. The normalized spacial score (nSPS) is 13.7. The first-order valence-corrected chi connectivity index (χ1v) is 13.3. The molecule has 0 spiro atoms. The number of urea groups is 1. The standard InChI is InChI=1S/C26H34N4O5S/c1-18(2)16-30(21-7-5-4-6-8-21)24-14-13-22(35-17-25(31)29-36(33)34)15-23(24)28-26(32)27-20-11-9-19(3)10-12-20/h9-15,18,21H,4-8,16-17H2,1-3H3,(H2,27,28,32). The maximum absolute atomic E-state index is 12.9. The minimum atomic E-state index is -2.83. The van der Waals surface area contributed by atoms with E-state index >= 15 is 0 Å². The summed E-state index contributed by atoms with van der Waals surface area (Å²) in [5.74, 6) is -0.190. The van der Waals surface area contributed by atoms with Crippen molar-refractivity contribution < 1.29 is 22.7 Å². The van der Waals surface area contributed by atoms with Gasteiger partial charge in [-0.15, -0.1) is 0 Å².